The number of carbonyl (C=O) groups is 1. The van der Waals surface area contributed by atoms with Gasteiger partial charge in [0.15, 0.2) is 4.34 Å². The third-order valence-corrected chi connectivity index (χ3v) is 5.30. The van der Waals surface area contributed by atoms with Crippen LogP contribution in [0.1, 0.15) is 12.5 Å². The molecule has 0 bridgehead atoms. The molecule has 8 heteroatoms. The maximum atomic E-state index is 12.2. The molecule has 5 nitrogen and oxygen atoms in total. The van der Waals surface area contributed by atoms with E-state index in [0.717, 1.165) is 15.0 Å². The average Bonchev–Trinajstić information content (AvgIpc) is 2.99. The van der Waals surface area contributed by atoms with Gasteiger partial charge in [-0.25, -0.2) is 0 Å². The SMILES string of the molecule is C=CCNc1nnc(SC(C)C(=O)NCc2ccccc2Cl)s1. The molecule has 23 heavy (non-hydrogen) atoms. The van der Waals surface area contributed by atoms with Crippen LogP contribution in [0.15, 0.2) is 41.3 Å². The highest BCUT2D eigenvalue weighted by Crippen LogP contribution is 2.28. The lowest BCUT2D eigenvalue weighted by molar-refractivity contribution is -0.120. The van der Waals surface area contributed by atoms with Gasteiger partial charge in [0.2, 0.25) is 11.0 Å². The summed E-state index contributed by atoms with van der Waals surface area (Å²) >= 11 is 8.87. The number of halogens is 1. The van der Waals surface area contributed by atoms with E-state index in [1.54, 1.807) is 12.1 Å². The minimum Gasteiger partial charge on any atom is -0.357 e. The third-order valence-electron chi connectivity index (χ3n) is 2.86. The average molecular weight is 369 g/mol. The number of nitrogens with zero attached hydrogens (tertiary/aromatic N) is 2. The first-order valence-electron chi connectivity index (χ1n) is 6.96. The van der Waals surface area contributed by atoms with Crippen LogP contribution in [-0.2, 0) is 11.3 Å². The van der Waals surface area contributed by atoms with Crippen LogP contribution in [-0.4, -0.2) is 27.9 Å². The van der Waals surface area contributed by atoms with E-state index in [4.69, 9.17) is 11.6 Å². The number of rotatable bonds is 8. The molecule has 122 valence electrons. The van der Waals surface area contributed by atoms with Gasteiger partial charge in [-0.2, -0.15) is 0 Å². The number of amides is 1. The van der Waals surface area contributed by atoms with E-state index in [1.165, 1.54) is 23.1 Å². The Balaban J connectivity index is 1.84. The molecular weight excluding hydrogens is 352 g/mol. The Morgan fingerprint density at radius 1 is 1.48 bits per heavy atom. The summed E-state index contributed by atoms with van der Waals surface area (Å²) in [6.07, 6.45) is 1.75. The van der Waals surface area contributed by atoms with E-state index in [-0.39, 0.29) is 11.2 Å². The van der Waals surface area contributed by atoms with E-state index >= 15 is 0 Å². The van der Waals surface area contributed by atoms with Gasteiger partial charge in [0.1, 0.15) is 0 Å². The molecule has 1 unspecified atom stereocenters. The maximum Gasteiger partial charge on any atom is 0.233 e. The Kier molecular flexibility index (Phi) is 6.88. The van der Waals surface area contributed by atoms with Gasteiger partial charge in [-0.3, -0.25) is 4.79 Å². The van der Waals surface area contributed by atoms with Crippen molar-refractivity contribution in [2.75, 3.05) is 11.9 Å². The third kappa shape index (κ3) is 5.53. The number of benzene rings is 1. The maximum absolute atomic E-state index is 12.2. The first-order chi connectivity index (χ1) is 11.1. The highest BCUT2D eigenvalue weighted by atomic mass is 35.5. The number of aromatic nitrogens is 2. The van der Waals surface area contributed by atoms with E-state index in [1.807, 2.05) is 25.1 Å². The highest BCUT2D eigenvalue weighted by Gasteiger charge is 2.17. The molecular formula is C15H17ClN4OS2. The smallest absolute Gasteiger partial charge is 0.233 e. The fraction of sp³-hybridized carbons (Fsp3) is 0.267. The minimum absolute atomic E-state index is 0.0641. The normalized spacial score (nSPS) is 11.7. The zero-order valence-corrected chi connectivity index (χ0v) is 15.0. The quantitative estimate of drug-likeness (QED) is 0.550. The van der Waals surface area contributed by atoms with Gasteiger partial charge in [0, 0.05) is 18.1 Å². The van der Waals surface area contributed by atoms with Gasteiger partial charge in [0.05, 0.1) is 5.25 Å². The first kappa shape index (κ1) is 17.8. The number of anilines is 1. The molecule has 2 rings (SSSR count). The molecule has 0 fully saturated rings. The number of hydrogen-bond donors (Lipinski definition) is 2. The predicted molar refractivity (Wildman–Crippen MR) is 97.2 cm³/mol. The molecule has 1 aromatic heterocycles. The molecule has 1 amide bonds. The van der Waals surface area contributed by atoms with Gasteiger partial charge in [-0.05, 0) is 18.6 Å². The summed E-state index contributed by atoms with van der Waals surface area (Å²) in [5, 5.41) is 15.1. The molecule has 0 spiro atoms. The summed E-state index contributed by atoms with van der Waals surface area (Å²) in [5.41, 5.74) is 0.895. The fourth-order valence-corrected chi connectivity index (χ4v) is 3.79. The fourth-order valence-electron chi connectivity index (χ4n) is 1.66. The van der Waals surface area contributed by atoms with Crippen molar-refractivity contribution in [3.05, 3.63) is 47.5 Å². The molecule has 2 N–H and O–H groups in total. The Morgan fingerprint density at radius 3 is 3.00 bits per heavy atom. The van der Waals surface area contributed by atoms with Crippen LogP contribution < -0.4 is 10.6 Å². The summed E-state index contributed by atoms with van der Waals surface area (Å²) in [7, 11) is 0. The Morgan fingerprint density at radius 2 is 2.26 bits per heavy atom. The standard InChI is InChI=1S/C15H17ClN4OS2/c1-3-8-17-14-19-20-15(23-14)22-10(2)13(21)18-9-11-6-4-5-7-12(11)16/h3-7,10H,1,8-9H2,2H3,(H,17,19)(H,18,21). The van der Waals surface area contributed by atoms with Crippen molar-refractivity contribution < 1.29 is 4.79 Å². The summed E-state index contributed by atoms with van der Waals surface area (Å²) in [4.78, 5) is 12.2. The highest BCUT2D eigenvalue weighted by molar-refractivity contribution is 8.02. The lowest BCUT2D eigenvalue weighted by atomic mass is 10.2. The topological polar surface area (TPSA) is 66.9 Å². The summed E-state index contributed by atoms with van der Waals surface area (Å²) in [6, 6.07) is 7.45. The second-order valence-electron chi connectivity index (χ2n) is 4.61. The Labute approximate surface area is 148 Å². The van der Waals surface area contributed by atoms with E-state index in [0.29, 0.717) is 18.1 Å². The van der Waals surface area contributed by atoms with Gasteiger partial charge >= 0.3 is 0 Å². The number of thioether (sulfide) groups is 1. The van der Waals surface area contributed by atoms with Crippen molar-refractivity contribution in [3.63, 3.8) is 0 Å². The number of carbonyl (C=O) groups excluding carboxylic acids is 1. The van der Waals surface area contributed by atoms with Crippen LogP contribution in [0.4, 0.5) is 5.13 Å². The molecule has 1 atom stereocenters. The van der Waals surface area contributed by atoms with Crippen LogP contribution in [0.3, 0.4) is 0 Å². The van der Waals surface area contributed by atoms with Gasteiger partial charge in [0.25, 0.3) is 0 Å². The first-order valence-corrected chi connectivity index (χ1v) is 9.03. The monoisotopic (exact) mass is 368 g/mol. The number of hydrogen-bond acceptors (Lipinski definition) is 6. The van der Waals surface area contributed by atoms with Gasteiger partial charge in [-0.15, -0.1) is 16.8 Å². The minimum atomic E-state index is -0.266. The molecule has 0 aliphatic rings. The molecule has 1 heterocycles. The zero-order chi connectivity index (χ0) is 16.7. The van der Waals surface area contributed by atoms with Crippen molar-refractivity contribution in [1.82, 2.24) is 15.5 Å². The summed E-state index contributed by atoms with van der Waals surface area (Å²) < 4.78 is 0.747. The largest absolute Gasteiger partial charge is 0.357 e. The lowest BCUT2D eigenvalue weighted by Gasteiger charge is -2.11. The second kappa shape index (κ2) is 8.90. The van der Waals surface area contributed by atoms with Crippen molar-refractivity contribution >= 4 is 45.7 Å². The van der Waals surface area contributed by atoms with Crippen LogP contribution in [0.25, 0.3) is 0 Å². The van der Waals surface area contributed by atoms with Crippen LogP contribution in [0.5, 0.6) is 0 Å². The Hall–Kier alpha value is -1.57. The van der Waals surface area contributed by atoms with Crippen molar-refractivity contribution in [3.8, 4) is 0 Å². The molecule has 0 saturated carbocycles. The van der Waals surface area contributed by atoms with Crippen molar-refractivity contribution in [2.45, 2.75) is 23.1 Å². The molecule has 0 aliphatic heterocycles. The van der Waals surface area contributed by atoms with Gasteiger partial charge < -0.3 is 10.6 Å². The number of nitrogens with one attached hydrogen (secondary N) is 2. The van der Waals surface area contributed by atoms with Crippen LogP contribution in [0, 0.1) is 0 Å². The van der Waals surface area contributed by atoms with E-state index in [2.05, 4.69) is 27.4 Å². The second-order valence-corrected chi connectivity index (χ2v) is 7.58. The van der Waals surface area contributed by atoms with Crippen LogP contribution in [0.2, 0.25) is 5.02 Å². The lowest BCUT2D eigenvalue weighted by Crippen LogP contribution is -2.30. The molecule has 0 aliphatic carbocycles. The van der Waals surface area contributed by atoms with Gasteiger partial charge in [-0.1, -0.05) is 59.0 Å². The molecule has 2 aromatic rings. The van der Waals surface area contributed by atoms with Crippen LogP contribution >= 0.6 is 34.7 Å². The molecule has 1 aromatic carbocycles. The molecule has 0 radical (unpaired) electrons. The van der Waals surface area contributed by atoms with Crippen molar-refractivity contribution in [1.29, 1.82) is 0 Å². The predicted octanol–water partition coefficient (Wildman–Crippen LogP) is 3.59. The summed E-state index contributed by atoms with van der Waals surface area (Å²) in [5.74, 6) is -0.0641. The summed E-state index contributed by atoms with van der Waals surface area (Å²) in [6.45, 7) is 6.51. The zero-order valence-electron chi connectivity index (χ0n) is 12.6. The molecule has 0 saturated heterocycles. The van der Waals surface area contributed by atoms with E-state index < -0.39 is 0 Å². The van der Waals surface area contributed by atoms with Crippen molar-refractivity contribution in [2.24, 2.45) is 0 Å². The van der Waals surface area contributed by atoms with E-state index in [9.17, 15) is 4.79 Å². The Bertz CT molecular complexity index is 677.